The minimum Gasteiger partial charge on any atom is -0.254 e. The van der Waals surface area contributed by atoms with Crippen LogP contribution in [-0.4, -0.2) is 9.46 Å². The van der Waals surface area contributed by atoms with Crippen molar-refractivity contribution in [3.05, 3.63) is 28.2 Å². The van der Waals surface area contributed by atoms with E-state index < -0.39 is 10.8 Å². The van der Waals surface area contributed by atoms with Gasteiger partial charge in [0.2, 0.25) is 0 Å². The predicted molar refractivity (Wildman–Crippen MR) is 78.8 cm³/mol. The van der Waals surface area contributed by atoms with Crippen molar-refractivity contribution in [1.29, 1.82) is 5.26 Å². The topological polar surface area (TPSA) is 40.9 Å². The van der Waals surface area contributed by atoms with Gasteiger partial charge in [-0.3, -0.25) is 4.21 Å². The second-order valence-electron chi connectivity index (χ2n) is 5.06. The summed E-state index contributed by atoms with van der Waals surface area (Å²) in [6.45, 7) is 2.14. The Morgan fingerprint density at radius 2 is 2.11 bits per heavy atom. The van der Waals surface area contributed by atoms with E-state index in [1.54, 1.807) is 18.2 Å². The molecule has 1 saturated carbocycles. The number of rotatable bonds is 2. The zero-order valence-corrected chi connectivity index (χ0v) is 12.9. The van der Waals surface area contributed by atoms with Crippen molar-refractivity contribution in [1.82, 2.24) is 0 Å². The molecular weight excluding hydrogens is 301 g/mol. The molecular formula is C14H15Cl2NOS. The highest BCUT2D eigenvalue weighted by molar-refractivity contribution is 7.85. The lowest BCUT2D eigenvalue weighted by molar-refractivity contribution is 0.341. The molecule has 4 atom stereocenters. The maximum absolute atomic E-state index is 12.7. The van der Waals surface area contributed by atoms with E-state index in [1.165, 1.54) is 0 Å². The van der Waals surface area contributed by atoms with E-state index in [2.05, 4.69) is 13.0 Å². The third kappa shape index (κ3) is 3.31. The van der Waals surface area contributed by atoms with Crippen molar-refractivity contribution >= 4 is 34.0 Å². The van der Waals surface area contributed by atoms with E-state index in [9.17, 15) is 9.47 Å². The third-order valence-electron chi connectivity index (χ3n) is 3.60. The number of benzene rings is 1. The van der Waals surface area contributed by atoms with Gasteiger partial charge in [-0.05, 0) is 43.4 Å². The Hall–Kier alpha value is -0.560. The Balaban J connectivity index is 2.31. The first-order chi connectivity index (χ1) is 9.02. The zero-order valence-electron chi connectivity index (χ0n) is 10.6. The molecule has 0 radical (unpaired) electrons. The highest BCUT2D eigenvalue weighted by Crippen LogP contribution is 2.36. The van der Waals surface area contributed by atoms with Gasteiger partial charge in [-0.25, -0.2) is 0 Å². The first-order valence-corrected chi connectivity index (χ1v) is 8.25. The highest BCUT2D eigenvalue weighted by Gasteiger charge is 2.34. The Morgan fingerprint density at radius 3 is 2.79 bits per heavy atom. The minimum atomic E-state index is -1.28. The van der Waals surface area contributed by atoms with Crippen LogP contribution in [0.4, 0.5) is 0 Å². The van der Waals surface area contributed by atoms with E-state index >= 15 is 0 Å². The van der Waals surface area contributed by atoms with Crippen LogP contribution >= 0.6 is 23.2 Å². The van der Waals surface area contributed by atoms with Gasteiger partial charge in [-0.15, -0.1) is 0 Å². The number of nitrogens with zero attached hydrogens (tertiary/aromatic N) is 1. The summed E-state index contributed by atoms with van der Waals surface area (Å²) < 4.78 is 12.7. The molecule has 0 bridgehead atoms. The lowest BCUT2D eigenvalue weighted by atomic mass is 9.83. The van der Waals surface area contributed by atoms with Gasteiger partial charge in [0, 0.05) is 5.02 Å². The summed E-state index contributed by atoms with van der Waals surface area (Å²) in [6, 6.07) is 7.27. The third-order valence-corrected chi connectivity index (χ3v) is 6.12. The molecule has 0 N–H and O–H groups in total. The molecule has 19 heavy (non-hydrogen) atoms. The molecule has 5 heteroatoms. The monoisotopic (exact) mass is 315 g/mol. The van der Waals surface area contributed by atoms with Gasteiger partial charge >= 0.3 is 0 Å². The molecule has 2 rings (SSSR count). The van der Waals surface area contributed by atoms with Crippen LogP contribution in [0.15, 0.2) is 23.1 Å². The minimum absolute atomic E-state index is 0.148. The van der Waals surface area contributed by atoms with Crippen LogP contribution in [-0.2, 0) is 10.8 Å². The number of halogens is 2. The summed E-state index contributed by atoms with van der Waals surface area (Å²) in [5.74, 6) is 0.337. The van der Waals surface area contributed by atoms with Gasteiger partial charge < -0.3 is 0 Å². The van der Waals surface area contributed by atoms with Crippen LogP contribution < -0.4 is 0 Å². The summed E-state index contributed by atoms with van der Waals surface area (Å²) in [5, 5.41) is 10.1. The van der Waals surface area contributed by atoms with Gasteiger partial charge in [0.1, 0.15) is 0 Å². The normalized spacial score (nSPS) is 28.6. The Morgan fingerprint density at radius 1 is 1.37 bits per heavy atom. The molecule has 2 nitrogen and oxygen atoms in total. The molecule has 1 aromatic carbocycles. The second-order valence-corrected chi connectivity index (χ2v) is 7.55. The number of hydrogen-bond acceptors (Lipinski definition) is 2. The van der Waals surface area contributed by atoms with Crippen LogP contribution in [0.2, 0.25) is 10.0 Å². The molecule has 0 aliphatic heterocycles. The SMILES string of the molecule is CC1CCC(C#N)C(S(=O)c2cc(Cl)ccc2Cl)C1. The molecule has 0 spiro atoms. The van der Waals surface area contributed by atoms with Crippen molar-refractivity contribution in [2.75, 3.05) is 0 Å². The molecule has 0 saturated heterocycles. The van der Waals surface area contributed by atoms with Gasteiger partial charge in [0.25, 0.3) is 0 Å². The molecule has 1 aliphatic rings. The quantitative estimate of drug-likeness (QED) is 0.810. The zero-order chi connectivity index (χ0) is 14.0. The summed E-state index contributed by atoms with van der Waals surface area (Å²) >= 11 is 12.0. The van der Waals surface area contributed by atoms with E-state index in [0.717, 1.165) is 19.3 Å². The summed E-state index contributed by atoms with van der Waals surface area (Å²) in [7, 11) is -1.28. The average Bonchev–Trinajstić information content (AvgIpc) is 2.40. The second kappa shape index (κ2) is 6.26. The van der Waals surface area contributed by atoms with Crippen molar-refractivity contribution in [3.63, 3.8) is 0 Å². The maximum Gasteiger partial charge on any atom is 0.0668 e. The van der Waals surface area contributed by atoms with Crippen molar-refractivity contribution in [3.8, 4) is 6.07 Å². The van der Waals surface area contributed by atoms with E-state index in [4.69, 9.17) is 23.2 Å². The molecule has 0 aromatic heterocycles. The highest BCUT2D eigenvalue weighted by atomic mass is 35.5. The van der Waals surface area contributed by atoms with Crippen LogP contribution in [0.3, 0.4) is 0 Å². The van der Waals surface area contributed by atoms with E-state index in [1.807, 2.05) is 0 Å². The van der Waals surface area contributed by atoms with Crippen LogP contribution in [0.5, 0.6) is 0 Å². The summed E-state index contributed by atoms with van der Waals surface area (Å²) in [4.78, 5) is 0.550. The van der Waals surface area contributed by atoms with Crippen molar-refractivity contribution in [2.24, 2.45) is 11.8 Å². The lowest BCUT2D eigenvalue weighted by Crippen LogP contribution is -2.31. The van der Waals surface area contributed by atoms with Crippen molar-refractivity contribution < 1.29 is 4.21 Å². The fourth-order valence-electron chi connectivity index (χ4n) is 2.51. The van der Waals surface area contributed by atoms with Gasteiger partial charge in [-0.2, -0.15) is 5.26 Å². The number of hydrogen-bond donors (Lipinski definition) is 0. The predicted octanol–water partition coefficient (Wildman–Crippen LogP) is 4.43. The van der Waals surface area contributed by atoms with Gasteiger partial charge in [0.15, 0.2) is 0 Å². The molecule has 1 aliphatic carbocycles. The van der Waals surface area contributed by atoms with Crippen LogP contribution in [0, 0.1) is 23.2 Å². The fourth-order valence-corrected chi connectivity index (χ4v) is 4.92. The largest absolute Gasteiger partial charge is 0.254 e. The maximum atomic E-state index is 12.7. The van der Waals surface area contributed by atoms with Gasteiger partial charge in [0.05, 0.1) is 38.0 Å². The molecule has 0 heterocycles. The van der Waals surface area contributed by atoms with Crippen LogP contribution in [0.1, 0.15) is 26.2 Å². The first kappa shape index (κ1) is 14.8. The molecule has 4 unspecified atom stereocenters. The Labute approximate surface area is 126 Å². The molecule has 1 aromatic rings. The summed E-state index contributed by atoms with van der Waals surface area (Å²) in [5.41, 5.74) is 0. The molecule has 0 amide bonds. The van der Waals surface area contributed by atoms with E-state index in [0.29, 0.717) is 20.9 Å². The molecule has 102 valence electrons. The Bertz CT molecular complexity index is 541. The smallest absolute Gasteiger partial charge is 0.0668 e. The fraction of sp³-hybridized carbons (Fsp3) is 0.500. The lowest BCUT2D eigenvalue weighted by Gasteiger charge is -2.30. The average molecular weight is 316 g/mol. The van der Waals surface area contributed by atoms with Crippen molar-refractivity contribution in [2.45, 2.75) is 36.3 Å². The van der Waals surface area contributed by atoms with Gasteiger partial charge in [-0.1, -0.05) is 30.1 Å². The number of nitriles is 1. The Kier molecular flexibility index (Phi) is 4.89. The van der Waals surface area contributed by atoms with Crippen LogP contribution in [0.25, 0.3) is 0 Å². The summed E-state index contributed by atoms with van der Waals surface area (Å²) in [6.07, 6.45) is 2.63. The molecule has 1 fully saturated rings. The van der Waals surface area contributed by atoms with E-state index in [-0.39, 0.29) is 11.2 Å². The standard InChI is InChI=1S/C14H15Cl2NOS/c1-9-2-3-10(8-17)13(6-9)19(18)14-7-11(15)4-5-12(14)16/h4-5,7,9-10,13H,2-3,6H2,1H3. The first-order valence-electron chi connectivity index (χ1n) is 6.28.